The fourth-order valence-corrected chi connectivity index (χ4v) is 2.94. The Kier molecular flexibility index (Phi) is 4.79. The van der Waals surface area contributed by atoms with E-state index >= 15 is 0 Å². The number of nitriles is 2. The standard InChI is InChI=1S/C22H19N5/c1-14-9-16(3)17(10-15(14)2)11-18(12-23)21-20(13-24)22(25)27(26-21)19-7-5-4-6-8-19/h4-11H,25H2,1-3H3. The Labute approximate surface area is 158 Å². The molecule has 0 fully saturated rings. The van der Waals surface area contributed by atoms with Crippen LogP contribution in [0.5, 0.6) is 0 Å². The zero-order valence-corrected chi connectivity index (χ0v) is 15.5. The Bertz CT molecular complexity index is 1120. The highest BCUT2D eigenvalue weighted by atomic mass is 15.3. The first kappa shape index (κ1) is 18.0. The summed E-state index contributed by atoms with van der Waals surface area (Å²) in [7, 11) is 0. The minimum Gasteiger partial charge on any atom is -0.382 e. The molecule has 5 nitrogen and oxygen atoms in total. The van der Waals surface area contributed by atoms with Crippen molar-refractivity contribution in [3.63, 3.8) is 0 Å². The molecular formula is C22H19N5. The maximum absolute atomic E-state index is 9.73. The van der Waals surface area contributed by atoms with Gasteiger partial charge in [0.15, 0.2) is 0 Å². The van der Waals surface area contributed by atoms with Crippen molar-refractivity contribution in [2.75, 3.05) is 5.73 Å². The van der Waals surface area contributed by atoms with E-state index in [1.165, 1.54) is 10.2 Å². The fraction of sp³-hybridized carbons (Fsp3) is 0.136. The molecule has 0 aliphatic rings. The Morgan fingerprint density at radius 3 is 2.33 bits per heavy atom. The summed E-state index contributed by atoms with van der Waals surface area (Å²) in [5, 5.41) is 23.8. The van der Waals surface area contributed by atoms with E-state index in [9.17, 15) is 10.5 Å². The van der Waals surface area contributed by atoms with E-state index in [1.54, 1.807) is 6.08 Å². The highest BCUT2D eigenvalue weighted by molar-refractivity contribution is 5.92. The number of para-hydroxylation sites is 1. The minimum absolute atomic E-state index is 0.202. The highest BCUT2D eigenvalue weighted by Gasteiger charge is 2.20. The largest absolute Gasteiger partial charge is 0.382 e. The van der Waals surface area contributed by atoms with Crippen molar-refractivity contribution in [2.45, 2.75) is 20.8 Å². The smallest absolute Gasteiger partial charge is 0.145 e. The van der Waals surface area contributed by atoms with Crippen LogP contribution in [-0.2, 0) is 0 Å². The number of anilines is 1. The number of nitrogen functional groups attached to an aromatic ring is 1. The maximum atomic E-state index is 9.73. The third kappa shape index (κ3) is 3.31. The highest BCUT2D eigenvalue weighted by Crippen LogP contribution is 2.28. The topological polar surface area (TPSA) is 91.4 Å². The molecule has 3 aromatic rings. The van der Waals surface area contributed by atoms with Crippen molar-refractivity contribution in [1.82, 2.24) is 9.78 Å². The van der Waals surface area contributed by atoms with Crippen molar-refractivity contribution in [3.05, 3.63) is 76.0 Å². The zero-order chi connectivity index (χ0) is 19.6. The van der Waals surface area contributed by atoms with E-state index in [0.29, 0.717) is 11.3 Å². The number of aromatic nitrogens is 2. The van der Waals surface area contributed by atoms with Gasteiger partial charge >= 0.3 is 0 Å². The molecule has 0 aliphatic heterocycles. The fourth-order valence-electron chi connectivity index (χ4n) is 2.94. The lowest BCUT2D eigenvalue weighted by Crippen LogP contribution is -2.02. The molecule has 1 aromatic heterocycles. The molecule has 0 saturated heterocycles. The van der Waals surface area contributed by atoms with Crippen LogP contribution in [0.4, 0.5) is 5.82 Å². The number of rotatable bonds is 3. The predicted octanol–water partition coefficient (Wildman–Crippen LogP) is 4.32. The Morgan fingerprint density at radius 1 is 1.04 bits per heavy atom. The second kappa shape index (κ2) is 7.19. The molecule has 0 bridgehead atoms. The van der Waals surface area contributed by atoms with E-state index in [0.717, 1.165) is 22.4 Å². The van der Waals surface area contributed by atoms with E-state index in [2.05, 4.69) is 30.2 Å². The van der Waals surface area contributed by atoms with Crippen molar-refractivity contribution < 1.29 is 0 Å². The van der Waals surface area contributed by atoms with Crippen molar-refractivity contribution in [3.8, 4) is 17.8 Å². The van der Waals surface area contributed by atoms with Gasteiger partial charge in [0.1, 0.15) is 29.2 Å². The molecule has 0 atom stereocenters. The molecule has 2 N–H and O–H groups in total. The molecule has 0 amide bonds. The number of aryl methyl sites for hydroxylation is 3. The molecule has 1 heterocycles. The normalized spacial score (nSPS) is 11.1. The van der Waals surface area contributed by atoms with Gasteiger partial charge in [-0.2, -0.15) is 15.6 Å². The van der Waals surface area contributed by atoms with Crippen molar-refractivity contribution in [2.24, 2.45) is 0 Å². The summed E-state index contributed by atoms with van der Waals surface area (Å²) < 4.78 is 1.49. The van der Waals surface area contributed by atoms with Gasteiger partial charge in [-0.15, -0.1) is 0 Å². The lowest BCUT2D eigenvalue weighted by molar-refractivity contribution is 0.885. The second-order valence-electron chi connectivity index (χ2n) is 6.43. The predicted molar refractivity (Wildman–Crippen MR) is 107 cm³/mol. The van der Waals surface area contributed by atoms with Gasteiger partial charge in [-0.1, -0.05) is 30.3 Å². The van der Waals surface area contributed by atoms with Crippen molar-refractivity contribution >= 4 is 17.5 Å². The maximum Gasteiger partial charge on any atom is 0.145 e. The van der Waals surface area contributed by atoms with Crippen LogP contribution in [0.3, 0.4) is 0 Å². The average Bonchev–Trinajstić information content (AvgIpc) is 3.00. The molecule has 27 heavy (non-hydrogen) atoms. The molecule has 5 heteroatoms. The molecular weight excluding hydrogens is 334 g/mol. The van der Waals surface area contributed by atoms with Crippen LogP contribution in [0.15, 0.2) is 42.5 Å². The average molecular weight is 353 g/mol. The molecule has 132 valence electrons. The number of nitrogens with zero attached hydrogens (tertiary/aromatic N) is 4. The summed E-state index contributed by atoms with van der Waals surface area (Å²) in [6.07, 6.45) is 1.76. The monoisotopic (exact) mass is 353 g/mol. The first-order valence-electron chi connectivity index (χ1n) is 8.50. The van der Waals surface area contributed by atoms with Gasteiger partial charge in [-0.25, -0.2) is 4.68 Å². The van der Waals surface area contributed by atoms with E-state index in [4.69, 9.17) is 5.73 Å². The molecule has 0 radical (unpaired) electrons. The van der Waals surface area contributed by atoms with Crippen LogP contribution < -0.4 is 5.73 Å². The van der Waals surface area contributed by atoms with Crippen LogP contribution >= 0.6 is 0 Å². The first-order valence-corrected chi connectivity index (χ1v) is 8.50. The summed E-state index contributed by atoms with van der Waals surface area (Å²) in [5.74, 6) is 0.219. The van der Waals surface area contributed by atoms with Gasteiger partial charge < -0.3 is 5.73 Å². The number of benzene rings is 2. The first-order chi connectivity index (χ1) is 13.0. The van der Waals surface area contributed by atoms with E-state index in [1.807, 2.05) is 50.2 Å². The van der Waals surface area contributed by atoms with E-state index in [-0.39, 0.29) is 11.4 Å². The summed E-state index contributed by atoms with van der Waals surface area (Å²) in [4.78, 5) is 0. The molecule has 0 aliphatic carbocycles. The van der Waals surface area contributed by atoms with Gasteiger partial charge in [0, 0.05) is 0 Å². The van der Waals surface area contributed by atoms with Gasteiger partial charge in [-0.3, -0.25) is 0 Å². The van der Waals surface area contributed by atoms with Crippen LogP contribution in [0.2, 0.25) is 0 Å². The lowest BCUT2D eigenvalue weighted by atomic mass is 9.98. The Morgan fingerprint density at radius 2 is 1.70 bits per heavy atom. The Balaban J connectivity index is 2.19. The third-order valence-corrected chi connectivity index (χ3v) is 4.59. The van der Waals surface area contributed by atoms with Crippen LogP contribution in [-0.4, -0.2) is 9.78 Å². The van der Waals surface area contributed by atoms with Gasteiger partial charge in [0.05, 0.1) is 11.3 Å². The van der Waals surface area contributed by atoms with Crippen LogP contribution in [0.25, 0.3) is 17.3 Å². The Hall–Kier alpha value is -3.83. The number of hydrogen-bond acceptors (Lipinski definition) is 4. The number of hydrogen-bond donors (Lipinski definition) is 1. The molecule has 0 saturated carbocycles. The molecule has 2 aromatic carbocycles. The summed E-state index contributed by atoms with van der Waals surface area (Å²) in [6, 6.07) is 17.7. The molecule has 0 unspecified atom stereocenters. The second-order valence-corrected chi connectivity index (χ2v) is 6.43. The lowest BCUT2D eigenvalue weighted by Gasteiger charge is -2.06. The third-order valence-electron chi connectivity index (χ3n) is 4.59. The van der Waals surface area contributed by atoms with Gasteiger partial charge in [-0.05, 0) is 61.2 Å². The zero-order valence-electron chi connectivity index (χ0n) is 15.5. The van der Waals surface area contributed by atoms with Crippen molar-refractivity contribution in [1.29, 1.82) is 10.5 Å². The van der Waals surface area contributed by atoms with Gasteiger partial charge in [0.2, 0.25) is 0 Å². The number of nitrogens with two attached hydrogens (primary N) is 1. The quantitative estimate of drug-likeness (QED) is 0.710. The minimum atomic E-state index is 0.202. The number of allylic oxidation sites excluding steroid dienone is 1. The summed E-state index contributed by atoms with van der Waals surface area (Å²) in [5.41, 5.74) is 12.0. The summed E-state index contributed by atoms with van der Waals surface area (Å²) in [6.45, 7) is 6.08. The van der Waals surface area contributed by atoms with E-state index < -0.39 is 0 Å². The van der Waals surface area contributed by atoms with Crippen LogP contribution in [0.1, 0.15) is 33.5 Å². The molecule has 0 spiro atoms. The van der Waals surface area contributed by atoms with Crippen LogP contribution in [0, 0.1) is 43.4 Å². The SMILES string of the molecule is Cc1cc(C)c(C=C(C#N)c2nn(-c3ccccc3)c(N)c2C#N)cc1C. The summed E-state index contributed by atoms with van der Waals surface area (Å²) >= 11 is 0. The van der Waals surface area contributed by atoms with Gasteiger partial charge in [0.25, 0.3) is 0 Å². The molecule has 3 rings (SSSR count).